The summed E-state index contributed by atoms with van der Waals surface area (Å²) < 4.78 is 32.3. The van der Waals surface area contributed by atoms with Gasteiger partial charge in [-0.25, -0.2) is 0 Å². The van der Waals surface area contributed by atoms with Gasteiger partial charge in [-0.05, 0) is 85.7 Å². The van der Waals surface area contributed by atoms with Gasteiger partial charge in [-0.2, -0.15) is 0 Å². The van der Waals surface area contributed by atoms with Crippen LogP contribution in [0.1, 0.15) is 77.7 Å². The molecule has 0 saturated carbocycles. The monoisotopic (exact) mass is 816 g/mol. The van der Waals surface area contributed by atoms with Gasteiger partial charge in [0.15, 0.2) is 29.7 Å². The molecule has 2 aliphatic carbocycles. The molecular weight excluding hydrogens is 765 g/mol. The lowest BCUT2D eigenvalue weighted by Crippen LogP contribution is -2.53. The van der Waals surface area contributed by atoms with Crippen LogP contribution >= 0.6 is 0 Å². The number of aromatic nitrogens is 2. The molecule has 0 amide bonds. The summed E-state index contributed by atoms with van der Waals surface area (Å²) in [6.45, 7) is 12.7. The number of rotatable bonds is 13. The molecule has 314 valence electrons. The number of ether oxygens (including phenoxy) is 5. The quantitative estimate of drug-likeness (QED) is 0.0414. The van der Waals surface area contributed by atoms with E-state index in [4.69, 9.17) is 29.2 Å². The Morgan fingerprint density at radius 1 is 1.20 bits per heavy atom. The van der Waals surface area contributed by atoms with E-state index in [-0.39, 0.29) is 61.3 Å². The van der Waals surface area contributed by atoms with Crippen molar-refractivity contribution >= 4 is 33.4 Å². The summed E-state index contributed by atoms with van der Waals surface area (Å²) in [4.78, 5) is 39.0. The molecule has 2 aromatic heterocycles. The molecule has 2 fully saturated rings. The number of Topliss-reactive ketones (excluding diaryl/α,β-unsaturated/α-hetero) is 2. The van der Waals surface area contributed by atoms with Crippen LogP contribution < -0.4 is 10.1 Å². The average Bonchev–Trinajstić information content (AvgIpc) is 3.59. The lowest BCUT2D eigenvalue weighted by atomic mass is 9.73. The van der Waals surface area contributed by atoms with Crippen LogP contribution in [0.5, 0.6) is 5.75 Å². The fraction of sp³-hybridized carbons (Fsp3) is 0.500. The number of ketones is 2. The van der Waals surface area contributed by atoms with Gasteiger partial charge in [-0.3, -0.25) is 14.6 Å². The van der Waals surface area contributed by atoms with Crippen molar-refractivity contribution in [2.24, 2.45) is 17.0 Å². The van der Waals surface area contributed by atoms with Crippen molar-refractivity contribution in [3.8, 4) is 29.4 Å². The Morgan fingerprint density at radius 2 is 2.02 bits per heavy atom. The molecular formula is C46H52N6O8. The van der Waals surface area contributed by atoms with Crippen molar-refractivity contribution in [2.75, 3.05) is 19.8 Å². The van der Waals surface area contributed by atoms with Gasteiger partial charge in [0, 0.05) is 51.5 Å². The SMILES string of the molecule is CC/C=C1\C2=C(C)C(=O)C[C@@]1(O)C#C/C=C\C#C[C@@H]2OC1OC(C)C(C(=O)c2nccc3c2[nH]c2ccc(OCCN=[N+]=[N-])cc23)CC1OC1CC(C)C(NC(C)C)CO1. The fourth-order valence-electron chi connectivity index (χ4n) is 8.50. The highest BCUT2D eigenvalue weighted by molar-refractivity contribution is 6.15. The minimum Gasteiger partial charge on any atom is -0.493 e. The zero-order chi connectivity index (χ0) is 42.6. The molecule has 4 heterocycles. The number of nitrogens with zero attached hydrogens (tertiary/aromatic N) is 4. The van der Waals surface area contributed by atoms with E-state index >= 15 is 0 Å². The topological polar surface area (TPSA) is 190 Å². The minimum absolute atomic E-state index is 0.146. The number of benzene rings is 1. The number of H-pyrrole nitrogens is 1. The first-order chi connectivity index (χ1) is 28.9. The fourth-order valence-corrected chi connectivity index (χ4v) is 8.50. The minimum atomic E-state index is -1.73. The number of hydrogen-bond acceptors (Lipinski definition) is 11. The highest BCUT2D eigenvalue weighted by Gasteiger charge is 2.47. The summed E-state index contributed by atoms with van der Waals surface area (Å²) in [5, 5.41) is 20.6. The average molecular weight is 817 g/mol. The third kappa shape index (κ3) is 9.07. The summed E-state index contributed by atoms with van der Waals surface area (Å²) in [5.41, 5.74) is 9.88. The largest absolute Gasteiger partial charge is 0.493 e. The smallest absolute Gasteiger partial charge is 0.189 e. The molecule has 4 aliphatic rings. The number of azide groups is 1. The number of carbonyl (C=O) groups excluding carboxylic acids is 2. The number of nitrogens with one attached hydrogen (secondary N) is 2. The van der Waals surface area contributed by atoms with Gasteiger partial charge in [0.2, 0.25) is 0 Å². The maximum Gasteiger partial charge on any atom is 0.189 e. The van der Waals surface area contributed by atoms with E-state index in [1.54, 1.807) is 25.3 Å². The van der Waals surface area contributed by atoms with Gasteiger partial charge < -0.3 is 39.1 Å². The second-order valence-electron chi connectivity index (χ2n) is 16.1. The summed E-state index contributed by atoms with van der Waals surface area (Å²) in [6, 6.07) is 7.85. The predicted octanol–water partition coefficient (Wildman–Crippen LogP) is 6.79. The van der Waals surface area contributed by atoms with Crippen molar-refractivity contribution in [3.05, 3.63) is 81.5 Å². The van der Waals surface area contributed by atoms with E-state index in [1.165, 1.54) is 0 Å². The van der Waals surface area contributed by atoms with Crippen molar-refractivity contribution in [3.63, 3.8) is 0 Å². The third-order valence-electron chi connectivity index (χ3n) is 11.5. The van der Waals surface area contributed by atoms with E-state index in [2.05, 4.69) is 69.8 Å². The molecule has 2 aliphatic heterocycles. The molecule has 60 heavy (non-hydrogen) atoms. The van der Waals surface area contributed by atoms with E-state index in [0.717, 1.165) is 16.3 Å². The summed E-state index contributed by atoms with van der Waals surface area (Å²) in [6.07, 6.45) is 3.66. The molecule has 14 heteroatoms. The van der Waals surface area contributed by atoms with Crippen LogP contribution in [0, 0.1) is 35.5 Å². The second kappa shape index (κ2) is 18.5. The molecule has 2 bridgehead atoms. The van der Waals surface area contributed by atoms with E-state index in [1.807, 2.05) is 44.2 Å². The maximum atomic E-state index is 14.7. The van der Waals surface area contributed by atoms with Crippen LogP contribution in [0.2, 0.25) is 0 Å². The zero-order valence-electron chi connectivity index (χ0n) is 34.9. The van der Waals surface area contributed by atoms with Crippen LogP contribution in [-0.2, 0) is 23.7 Å². The lowest BCUT2D eigenvalue weighted by Gasteiger charge is -2.43. The molecule has 2 saturated heterocycles. The number of pyridine rings is 1. The molecule has 9 atom stereocenters. The van der Waals surface area contributed by atoms with Gasteiger partial charge in [0.05, 0.1) is 43.7 Å². The van der Waals surface area contributed by atoms with Gasteiger partial charge in [-0.15, -0.1) is 0 Å². The highest BCUT2D eigenvalue weighted by atomic mass is 16.7. The molecule has 0 spiro atoms. The Hall–Kier alpha value is -5.28. The normalized spacial score (nSPS) is 30.3. The molecule has 14 nitrogen and oxygen atoms in total. The van der Waals surface area contributed by atoms with Gasteiger partial charge >= 0.3 is 0 Å². The summed E-state index contributed by atoms with van der Waals surface area (Å²) in [5.74, 6) is 11.6. The van der Waals surface area contributed by atoms with Crippen molar-refractivity contribution in [1.29, 1.82) is 0 Å². The standard InChI is InChI=1S/C46H52N6O8/c1-7-12-34-41-28(5)37(53)24-46(34,55)17-11-9-8-10-13-38(41)60-45-39(59-40-21-27(4)36(25-57-40)50-26(2)3)23-32(29(6)58-45)44(54)43-42-31(16-18-48-43)33-22-30(14-15-35(33)51-42)56-20-19-49-52-47/h8-9,12,14-16,18,22,26-27,29,32,36,38-40,45,50-51,55H,7,19-21,23-25H2,1-6H3/b9-8-,34-12+/t27?,29?,32?,36?,38-,39?,40?,45?,46-/m0/s1. The highest BCUT2D eigenvalue weighted by Crippen LogP contribution is 2.41. The molecule has 7 rings (SSSR count). The lowest BCUT2D eigenvalue weighted by molar-refractivity contribution is -0.301. The molecule has 0 radical (unpaired) electrons. The Kier molecular flexibility index (Phi) is 13.2. The second-order valence-corrected chi connectivity index (χ2v) is 16.1. The molecule has 3 aromatic rings. The first-order valence-corrected chi connectivity index (χ1v) is 20.7. The van der Waals surface area contributed by atoms with Crippen LogP contribution in [-0.4, -0.2) is 95.0 Å². The van der Waals surface area contributed by atoms with Crippen molar-refractivity contribution in [1.82, 2.24) is 15.3 Å². The van der Waals surface area contributed by atoms with Crippen LogP contribution in [0.3, 0.4) is 0 Å². The number of aliphatic hydroxyl groups is 1. The summed E-state index contributed by atoms with van der Waals surface area (Å²) in [7, 11) is 0. The zero-order valence-corrected chi connectivity index (χ0v) is 34.9. The summed E-state index contributed by atoms with van der Waals surface area (Å²) >= 11 is 0. The Morgan fingerprint density at radius 3 is 2.78 bits per heavy atom. The number of carbonyl (C=O) groups is 2. The van der Waals surface area contributed by atoms with Crippen molar-refractivity contribution < 1.29 is 38.4 Å². The third-order valence-corrected chi connectivity index (χ3v) is 11.5. The predicted molar refractivity (Wildman–Crippen MR) is 226 cm³/mol. The number of aromatic amines is 1. The Labute approximate surface area is 349 Å². The molecule has 1 aromatic carbocycles. The molecule has 3 N–H and O–H groups in total. The van der Waals surface area contributed by atoms with Crippen LogP contribution in [0.15, 0.2) is 70.5 Å². The first kappa shape index (κ1) is 42.8. The first-order valence-electron chi connectivity index (χ1n) is 20.7. The number of hydrogen-bond donors (Lipinski definition) is 3. The van der Waals surface area contributed by atoms with Gasteiger partial charge in [-0.1, -0.05) is 62.6 Å². The Bertz CT molecular complexity index is 2410. The van der Waals surface area contributed by atoms with E-state index < -0.39 is 42.4 Å². The van der Waals surface area contributed by atoms with Crippen molar-refractivity contribution in [2.45, 2.75) is 116 Å². The van der Waals surface area contributed by atoms with E-state index in [9.17, 15) is 14.7 Å². The number of allylic oxidation sites excluding steroid dienone is 4. The maximum absolute atomic E-state index is 14.7. The van der Waals surface area contributed by atoms with Crippen LogP contribution in [0.4, 0.5) is 0 Å². The molecule has 7 unspecified atom stereocenters. The van der Waals surface area contributed by atoms with Crippen LogP contribution in [0.25, 0.3) is 32.2 Å². The number of fused-ring (bicyclic) bond motifs is 5. The van der Waals surface area contributed by atoms with E-state index in [0.29, 0.717) is 47.4 Å². The Balaban J connectivity index is 1.21. The van der Waals surface area contributed by atoms with Gasteiger partial charge in [0.1, 0.15) is 23.7 Å². The van der Waals surface area contributed by atoms with Gasteiger partial charge in [0.25, 0.3) is 0 Å².